The Kier molecular flexibility index (Phi) is 5.29. The normalized spacial score (nSPS) is 14.0. The zero-order valence-electron chi connectivity index (χ0n) is 14.1. The predicted molar refractivity (Wildman–Crippen MR) is 98.0 cm³/mol. The summed E-state index contributed by atoms with van der Waals surface area (Å²) < 4.78 is 6.16. The molecule has 0 saturated carbocycles. The Balaban J connectivity index is 2.27. The number of hydrogen-bond acceptors (Lipinski definition) is 3. The van der Waals surface area contributed by atoms with E-state index in [1.807, 2.05) is 91.0 Å². The number of benzene rings is 3. The highest BCUT2D eigenvalue weighted by molar-refractivity contribution is 5.47. The molecule has 25 heavy (non-hydrogen) atoms. The predicted octanol–water partition coefficient (Wildman–Crippen LogP) is 3.69. The summed E-state index contributed by atoms with van der Waals surface area (Å²) in [7, 11) is 0. The standard InChI is InChI=1S/C22H22O3/c1-17(23)21(24)25-22(18-11-5-2-6-12-18,19-13-7-3-8-14-19)20-15-9-4-10-16-20/h2-17,21,23-24H,1H3. The minimum Gasteiger partial charge on any atom is -0.388 e. The van der Waals surface area contributed by atoms with Crippen molar-refractivity contribution in [2.45, 2.75) is 24.9 Å². The molecule has 0 heterocycles. The van der Waals surface area contributed by atoms with Crippen LogP contribution in [0.15, 0.2) is 91.0 Å². The van der Waals surface area contributed by atoms with E-state index in [2.05, 4.69) is 0 Å². The van der Waals surface area contributed by atoms with Gasteiger partial charge in [0, 0.05) is 0 Å². The van der Waals surface area contributed by atoms with Crippen molar-refractivity contribution in [3.8, 4) is 0 Å². The molecule has 3 rings (SSSR count). The van der Waals surface area contributed by atoms with Gasteiger partial charge in [-0.1, -0.05) is 91.0 Å². The number of rotatable bonds is 6. The number of hydrogen-bond donors (Lipinski definition) is 2. The van der Waals surface area contributed by atoms with E-state index >= 15 is 0 Å². The maximum Gasteiger partial charge on any atom is 0.182 e. The van der Waals surface area contributed by atoms with Crippen LogP contribution < -0.4 is 0 Å². The molecule has 0 aromatic heterocycles. The van der Waals surface area contributed by atoms with Gasteiger partial charge in [-0.2, -0.15) is 0 Å². The molecule has 2 N–H and O–H groups in total. The maximum absolute atomic E-state index is 10.4. The van der Waals surface area contributed by atoms with E-state index in [0.29, 0.717) is 0 Å². The molecule has 3 heteroatoms. The van der Waals surface area contributed by atoms with Crippen LogP contribution in [-0.4, -0.2) is 22.6 Å². The van der Waals surface area contributed by atoms with Crippen molar-refractivity contribution in [1.29, 1.82) is 0 Å². The van der Waals surface area contributed by atoms with Gasteiger partial charge in [0.15, 0.2) is 6.29 Å². The molecule has 2 unspecified atom stereocenters. The Morgan fingerprint density at radius 3 is 1.24 bits per heavy atom. The van der Waals surface area contributed by atoms with E-state index in [1.165, 1.54) is 6.92 Å². The first-order chi connectivity index (χ1) is 12.1. The zero-order chi connectivity index (χ0) is 17.7. The van der Waals surface area contributed by atoms with Gasteiger partial charge in [0.1, 0.15) is 11.7 Å². The van der Waals surface area contributed by atoms with Crippen molar-refractivity contribution < 1.29 is 14.9 Å². The summed E-state index contributed by atoms with van der Waals surface area (Å²) in [4.78, 5) is 0. The molecule has 3 aromatic carbocycles. The third-order valence-corrected chi connectivity index (χ3v) is 4.25. The van der Waals surface area contributed by atoms with Gasteiger partial charge in [0.05, 0.1) is 0 Å². The summed E-state index contributed by atoms with van der Waals surface area (Å²) >= 11 is 0. The molecule has 3 aromatic rings. The lowest BCUT2D eigenvalue weighted by Crippen LogP contribution is -2.40. The molecular weight excluding hydrogens is 312 g/mol. The smallest absolute Gasteiger partial charge is 0.182 e. The monoisotopic (exact) mass is 334 g/mol. The van der Waals surface area contributed by atoms with Crippen molar-refractivity contribution in [3.05, 3.63) is 108 Å². The Labute approximate surface area is 148 Å². The largest absolute Gasteiger partial charge is 0.388 e. The molecule has 0 spiro atoms. The highest BCUT2D eigenvalue weighted by atomic mass is 16.6. The lowest BCUT2D eigenvalue weighted by atomic mass is 9.80. The molecule has 0 bridgehead atoms. The van der Waals surface area contributed by atoms with Gasteiger partial charge in [-0.05, 0) is 23.6 Å². The third kappa shape index (κ3) is 3.49. The molecule has 0 aliphatic carbocycles. The number of ether oxygens (including phenoxy) is 1. The van der Waals surface area contributed by atoms with Gasteiger partial charge in [-0.3, -0.25) is 0 Å². The molecule has 0 aliphatic rings. The first-order valence-corrected chi connectivity index (χ1v) is 8.35. The topological polar surface area (TPSA) is 49.7 Å². The summed E-state index contributed by atoms with van der Waals surface area (Å²) in [6, 6.07) is 29.3. The van der Waals surface area contributed by atoms with E-state index in [9.17, 15) is 10.2 Å². The zero-order valence-corrected chi connectivity index (χ0v) is 14.1. The van der Waals surface area contributed by atoms with Crippen molar-refractivity contribution >= 4 is 0 Å². The molecule has 3 nitrogen and oxygen atoms in total. The van der Waals surface area contributed by atoms with Crippen LogP contribution in [0.1, 0.15) is 23.6 Å². The minimum absolute atomic E-state index is 0.882. The second-order valence-corrected chi connectivity index (χ2v) is 6.03. The number of aliphatic hydroxyl groups excluding tert-OH is 2. The van der Waals surface area contributed by atoms with E-state index < -0.39 is 18.0 Å². The summed E-state index contributed by atoms with van der Waals surface area (Å²) in [6.45, 7) is 1.51. The van der Waals surface area contributed by atoms with Gasteiger partial charge in [-0.25, -0.2) is 0 Å². The fraction of sp³-hybridized carbons (Fsp3) is 0.182. The van der Waals surface area contributed by atoms with Gasteiger partial charge in [0.2, 0.25) is 0 Å². The minimum atomic E-state index is -1.33. The molecule has 0 amide bonds. The highest BCUT2D eigenvalue weighted by Gasteiger charge is 2.40. The van der Waals surface area contributed by atoms with Crippen molar-refractivity contribution in [2.75, 3.05) is 0 Å². The van der Waals surface area contributed by atoms with E-state index in [-0.39, 0.29) is 0 Å². The quantitative estimate of drug-likeness (QED) is 0.534. The van der Waals surface area contributed by atoms with Crippen LogP contribution >= 0.6 is 0 Å². The SMILES string of the molecule is CC(O)C(O)OC(c1ccccc1)(c1ccccc1)c1ccccc1. The lowest BCUT2D eigenvalue weighted by molar-refractivity contribution is -0.201. The fourth-order valence-corrected chi connectivity index (χ4v) is 3.00. The van der Waals surface area contributed by atoms with Gasteiger partial charge < -0.3 is 14.9 Å². The molecule has 128 valence electrons. The highest BCUT2D eigenvalue weighted by Crippen LogP contribution is 2.41. The van der Waals surface area contributed by atoms with Crippen LogP contribution in [0.5, 0.6) is 0 Å². The summed E-state index contributed by atoms with van der Waals surface area (Å²) in [5.41, 5.74) is 1.62. The van der Waals surface area contributed by atoms with Crippen LogP contribution in [0, 0.1) is 0 Å². The summed E-state index contributed by atoms with van der Waals surface area (Å²) in [6.07, 6.45) is -2.35. The average molecular weight is 334 g/mol. The second kappa shape index (κ2) is 7.62. The van der Waals surface area contributed by atoms with Crippen LogP contribution in [0.2, 0.25) is 0 Å². The second-order valence-electron chi connectivity index (χ2n) is 6.03. The average Bonchev–Trinajstić information content (AvgIpc) is 2.68. The van der Waals surface area contributed by atoms with E-state index in [0.717, 1.165) is 16.7 Å². The van der Waals surface area contributed by atoms with Crippen LogP contribution in [0.25, 0.3) is 0 Å². The molecule has 0 radical (unpaired) electrons. The first kappa shape index (κ1) is 17.4. The molecule has 0 fully saturated rings. The fourth-order valence-electron chi connectivity index (χ4n) is 3.00. The van der Waals surface area contributed by atoms with Gasteiger partial charge >= 0.3 is 0 Å². The van der Waals surface area contributed by atoms with Crippen LogP contribution in [0.3, 0.4) is 0 Å². The van der Waals surface area contributed by atoms with Crippen molar-refractivity contribution in [1.82, 2.24) is 0 Å². The Morgan fingerprint density at radius 2 is 0.960 bits per heavy atom. The van der Waals surface area contributed by atoms with Crippen LogP contribution in [-0.2, 0) is 10.3 Å². The van der Waals surface area contributed by atoms with Crippen molar-refractivity contribution in [3.63, 3.8) is 0 Å². The van der Waals surface area contributed by atoms with Crippen molar-refractivity contribution in [2.24, 2.45) is 0 Å². The van der Waals surface area contributed by atoms with Gasteiger partial charge in [0.25, 0.3) is 0 Å². The lowest BCUT2D eigenvalue weighted by Gasteiger charge is -2.38. The molecular formula is C22H22O3. The number of aliphatic hydroxyl groups is 2. The maximum atomic E-state index is 10.4. The third-order valence-electron chi connectivity index (χ3n) is 4.25. The molecule has 0 aliphatic heterocycles. The first-order valence-electron chi connectivity index (χ1n) is 8.35. The van der Waals surface area contributed by atoms with E-state index in [1.54, 1.807) is 0 Å². The Hall–Kier alpha value is -2.46. The Morgan fingerprint density at radius 1 is 0.640 bits per heavy atom. The summed E-state index contributed by atoms with van der Waals surface area (Å²) in [5.74, 6) is 0. The molecule has 2 atom stereocenters. The van der Waals surface area contributed by atoms with Gasteiger partial charge in [-0.15, -0.1) is 0 Å². The van der Waals surface area contributed by atoms with E-state index in [4.69, 9.17) is 4.74 Å². The van der Waals surface area contributed by atoms with Crippen LogP contribution in [0.4, 0.5) is 0 Å². The summed E-state index contributed by atoms with van der Waals surface area (Å²) in [5, 5.41) is 20.2. The molecule has 0 saturated heterocycles. The Bertz CT molecular complexity index is 673.